The SMILES string of the molecule is COC(=O)C(CCCCNC(=O)CCNc1cccc2ccccc12)NC(C)=O. The molecule has 0 saturated carbocycles. The summed E-state index contributed by atoms with van der Waals surface area (Å²) in [5.74, 6) is -0.750. The van der Waals surface area contributed by atoms with E-state index < -0.39 is 12.0 Å². The van der Waals surface area contributed by atoms with E-state index in [1.54, 1.807) is 0 Å². The highest BCUT2D eigenvalue weighted by atomic mass is 16.5. The zero-order valence-electron chi connectivity index (χ0n) is 17.0. The minimum atomic E-state index is -0.641. The molecule has 0 saturated heterocycles. The molecule has 0 radical (unpaired) electrons. The Labute approximate surface area is 171 Å². The van der Waals surface area contributed by atoms with Crippen LogP contribution >= 0.6 is 0 Å². The number of anilines is 1. The molecule has 156 valence electrons. The fraction of sp³-hybridized carbons (Fsp3) is 0.409. The molecule has 0 aliphatic heterocycles. The number of benzene rings is 2. The van der Waals surface area contributed by atoms with Gasteiger partial charge in [-0.2, -0.15) is 0 Å². The molecular formula is C22H29N3O4. The molecule has 2 rings (SSSR count). The van der Waals surface area contributed by atoms with Crippen LogP contribution in [-0.4, -0.2) is 44.0 Å². The zero-order valence-corrected chi connectivity index (χ0v) is 17.0. The van der Waals surface area contributed by atoms with Crippen molar-refractivity contribution in [3.8, 4) is 0 Å². The van der Waals surface area contributed by atoms with Crippen molar-refractivity contribution < 1.29 is 19.1 Å². The summed E-state index contributed by atoms with van der Waals surface area (Å²) in [6.07, 6.45) is 2.26. The van der Waals surface area contributed by atoms with Crippen LogP contribution in [0.4, 0.5) is 5.69 Å². The van der Waals surface area contributed by atoms with E-state index in [0.29, 0.717) is 32.4 Å². The van der Waals surface area contributed by atoms with Crippen LogP contribution in [0, 0.1) is 0 Å². The first-order valence-electron chi connectivity index (χ1n) is 9.84. The molecule has 0 aliphatic carbocycles. The molecular weight excluding hydrogens is 370 g/mol. The summed E-state index contributed by atoms with van der Waals surface area (Å²) in [5.41, 5.74) is 1.02. The Bertz CT molecular complexity index is 832. The number of amides is 2. The van der Waals surface area contributed by atoms with Crippen molar-refractivity contribution in [2.45, 2.75) is 38.6 Å². The molecule has 7 nitrogen and oxygen atoms in total. The number of hydrogen-bond acceptors (Lipinski definition) is 5. The molecule has 3 N–H and O–H groups in total. The number of methoxy groups -OCH3 is 1. The highest BCUT2D eigenvalue weighted by Crippen LogP contribution is 2.22. The van der Waals surface area contributed by atoms with Crippen molar-refractivity contribution in [2.24, 2.45) is 0 Å². The molecule has 1 atom stereocenters. The highest BCUT2D eigenvalue weighted by Gasteiger charge is 2.19. The van der Waals surface area contributed by atoms with Gasteiger partial charge in [0.1, 0.15) is 6.04 Å². The van der Waals surface area contributed by atoms with Crippen molar-refractivity contribution in [2.75, 3.05) is 25.5 Å². The van der Waals surface area contributed by atoms with Gasteiger partial charge in [0.2, 0.25) is 11.8 Å². The van der Waals surface area contributed by atoms with Gasteiger partial charge in [-0.15, -0.1) is 0 Å². The summed E-state index contributed by atoms with van der Waals surface area (Å²) in [5, 5.41) is 11.1. The molecule has 0 fully saturated rings. The number of unbranched alkanes of at least 4 members (excludes halogenated alkanes) is 1. The topological polar surface area (TPSA) is 96.5 Å². The van der Waals surface area contributed by atoms with Gasteiger partial charge in [-0.1, -0.05) is 36.4 Å². The quantitative estimate of drug-likeness (QED) is 0.399. The summed E-state index contributed by atoms with van der Waals surface area (Å²) >= 11 is 0. The Morgan fingerprint density at radius 1 is 1.00 bits per heavy atom. The summed E-state index contributed by atoms with van der Waals surface area (Å²) in [7, 11) is 1.30. The normalized spacial score (nSPS) is 11.5. The van der Waals surface area contributed by atoms with Gasteiger partial charge >= 0.3 is 5.97 Å². The van der Waals surface area contributed by atoms with Crippen LogP contribution in [0.2, 0.25) is 0 Å². The predicted octanol–water partition coefficient (Wildman–Crippen LogP) is 2.61. The van der Waals surface area contributed by atoms with E-state index in [9.17, 15) is 14.4 Å². The predicted molar refractivity (Wildman–Crippen MR) is 114 cm³/mol. The van der Waals surface area contributed by atoms with Gasteiger partial charge in [-0.25, -0.2) is 4.79 Å². The van der Waals surface area contributed by atoms with E-state index in [1.165, 1.54) is 14.0 Å². The van der Waals surface area contributed by atoms with Crippen LogP contribution in [0.25, 0.3) is 10.8 Å². The van der Waals surface area contributed by atoms with Crippen LogP contribution in [0.3, 0.4) is 0 Å². The Kier molecular flexibility index (Phi) is 8.95. The standard InChI is InChI=1S/C22H29N3O4/c1-16(26)25-20(22(28)29-2)11-5-6-14-24-21(27)13-15-23-19-12-7-9-17-8-3-4-10-18(17)19/h3-4,7-10,12,20,23H,5-6,11,13-15H2,1-2H3,(H,24,27)(H,25,26). The number of hydrogen-bond donors (Lipinski definition) is 3. The van der Waals surface area contributed by atoms with E-state index >= 15 is 0 Å². The van der Waals surface area contributed by atoms with Gasteiger partial charge in [0, 0.05) is 37.5 Å². The molecule has 0 spiro atoms. The molecule has 0 aliphatic rings. The number of ether oxygens (including phenoxy) is 1. The first-order valence-corrected chi connectivity index (χ1v) is 9.84. The monoisotopic (exact) mass is 399 g/mol. The molecule has 0 bridgehead atoms. The molecule has 1 unspecified atom stereocenters. The fourth-order valence-corrected chi connectivity index (χ4v) is 3.12. The summed E-state index contributed by atoms with van der Waals surface area (Å²) < 4.78 is 4.69. The Morgan fingerprint density at radius 3 is 2.52 bits per heavy atom. The second-order valence-corrected chi connectivity index (χ2v) is 6.83. The van der Waals surface area contributed by atoms with E-state index in [1.807, 2.05) is 24.3 Å². The van der Waals surface area contributed by atoms with Crippen LogP contribution in [-0.2, 0) is 19.1 Å². The summed E-state index contributed by atoms with van der Waals surface area (Å²) in [6.45, 7) is 2.44. The van der Waals surface area contributed by atoms with Crippen molar-refractivity contribution in [1.29, 1.82) is 0 Å². The summed E-state index contributed by atoms with van der Waals surface area (Å²) in [6, 6.07) is 13.5. The number of carbonyl (C=O) groups is 3. The Hall–Kier alpha value is -3.09. The molecule has 2 amide bonds. The van der Waals surface area contributed by atoms with E-state index in [4.69, 9.17) is 0 Å². The van der Waals surface area contributed by atoms with Crippen molar-refractivity contribution >= 4 is 34.2 Å². The lowest BCUT2D eigenvalue weighted by Crippen LogP contribution is -2.40. The average molecular weight is 399 g/mol. The second kappa shape index (κ2) is 11.7. The number of fused-ring (bicyclic) bond motifs is 1. The Balaban J connectivity index is 1.64. The minimum absolute atomic E-state index is 0.0240. The maximum Gasteiger partial charge on any atom is 0.328 e. The number of nitrogens with one attached hydrogen (secondary N) is 3. The first kappa shape index (κ1) is 22.2. The lowest BCUT2D eigenvalue weighted by atomic mass is 10.1. The largest absolute Gasteiger partial charge is 0.467 e. The zero-order chi connectivity index (χ0) is 21.1. The average Bonchev–Trinajstić information content (AvgIpc) is 2.72. The van der Waals surface area contributed by atoms with Gasteiger partial charge in [0.05, 0.1) is 7.11 Å². The molecule has 29 heavy (non-hydrogen) atoms. The number of esters is 1. The third-order valence-corrected chi connectivity index (χ3v) is 4.56. The smallest absolute Gasteiger partial charge is 0.328 e. The molecule has 2 aromatic carbocycles. The molecule has 7 heteroatoms. The van der Waals surface area contributed by atoms with Gasteiger partial charge in [0.25, 0.3) is 0 Å². The highest BCUT2D eigenvalue weighted by molar-refractivity contribution is 5.93. The van der Waals surface area contributed by atoms with Crippen molar-refractivity contribution in [3.05, 3.63) is 42.5 Å². The maximum absolute atomic E-state index is 12.0. The third kappa shape index (κ3) is 7.44. The van der Waals surface area contributed by atoms with E-state index in [-0.39, 0.29) is 11.8 Å². The lowest BCUT2D eigenvalue weighted by molar-refractivity contribution is -0.145. The van der Waals surface area contributed by atoms with E-state index in [2.05, 4.69) is 38.9 Å². The van der Waals surface area contributed by atoms with Gasteiger partial charge < -0.3 is 20.7 Å². The van der Waals surface area contributed by atoms with Gasteiger partial charge in [-0.3, -0.25) is 9.59 Å². The minimum Gasteiger partial charge on any atom is -0.467 e. The number of rotatable bonds is 11. The van der Waals surface area contributed by atoms with Crippen LogP contribution in [0.1, 0.15) is 32.6 Å². The van der Waals surface area contributed by atoms with Crippen molar-refractivity contribution in [1.82, 2.24) is 10.6 Å². The second-order valence-electron chi connectivity index (χ2n) is 6.83. The summed E-state index contributed by atoms with van der Waals surface area (Å²) in [4.78, 5) is 34.8. The Morgan fingerprint density at radius 2 is 1.76 bits per heavy atom. The van der Waals surface area contributed by atoms with Gasteiger partial charge in [-0.05, 0) is 30.7 Å². The molecule has 0 heterocycles. The van der Waals surface area contributed by atoms with E-state index in [0.717, 1.165) is 22.9 Å². The lowest BCUT2D eigenvalue weighted by Gasteiger charge is -2.15. The van der Waals surface area contributed by atoms with Crippen LogP contribution in [0.15, 0.2) is 42.5 Å². The maximum atomic E-state index is 12.0. The number of carbonyl (C=O) groups excluding carboxylic acids is 3. The first-order chi connectivity index (χ1) is 14.0. The van der Waals surface area contributed by atoms with Crippen LogP contribution in [0.5, 0.6) is 0 Å². The van der Waals surface area contributed by atoms with Crippen LogP contribution < -0.4 is 16.0 Å². The van der Waals surface area contributed by atoms with Gasteiger partial charge in [0.15, 0.2) is 0 Å². The molecule has 2 aromatic rings. The molecule has 0 aromatic heterocycles. The third-order valence-electron chi connectivity index (χ3n) is 4.56. The van der Waals surface area contributed by atoms with Crippen molar-refractivity contribution in [3.63, 3.8) is 0 Å². The fourth-order valence-electron chi connectivity index (χ4n) is 3.12.